The second-order valence-electron chi connectivity index (χ2n) is 3.53. The first-order chi connectivity index (χ1) is 7.93. The van der Waals surface area contributed by atoms with Crippen LogP contribution in [0, 0.1) is 18.3 Å². The Balaban J connectivity index is 2.75. The summed E-state index contributed by atoms with van der Waals surface area (Å²) in [5.41, 5.74) is 2.11. The summed E-state index contributed by atoms with van der Waals surface area (Å²) in [5.74, 6) is 0.206. The number of alkyl halides is 3. The van der Waals surface area contributed by atoms with E-state index < -0.39 is 3.79 Å². The van der Waals surface area contributed by atoms with Crippen molar-refractivity contribution in [1.82, 2.24) is 14.5 Å². The van der Waals surface area contributed by atoms with E-state index in [0.29, 0.717) is 11.2 Å². The fourth-order valence-corrected chi connectivity index (χ4v) is 1.98. The molecule has 0 saturated heterocycles. The highest BCUT2D eigenvalue weighted by Crippen LogP contribution is 2.38. The molecule has 0 fully saturated rings. The van der Waals surface area contributed by atoms with Gasteiger partial charge in [-0.2, -0.15) is 5.26 Å². The van der Waals surface area contributed by atoms with Crippen LogP contribution >= 0.6 is 34.8 Å². The van der Waals surface area contributed by atoms with Crippen LogP contribution in [-0.2, 0) is 10.3 Å². The van der Waals surface area contributed by atoms with E-state index in [1.54, 1.807) is 6.20 Å². The molecule has 0 aromatic carbocycles. The minimum absolute atomic E-state index is 0.0375. The van der Waals surface area contributed by atoms with Gasteiger partial charge in [0, 0.05) is 6.20 Å². The molecule has 0 radical (unpaired) electrons. The zero-order chi connectivity index (χ0) is 12.6. The number of rotatable bonds is 1. The van der Waals surface area contributed by atoms with Crippen molar-refractivity contribution in [2.45, 2.75) is 17.3 Å². The fourth-order valence-electron chi connectivity index (χ4n) is 1.55. The lowest BCUT2D eigenvalue weighted by molar-refractivity contribution is 0.776. The smallest absolute Gasteiger partial charge is 0.248 e. The lowest BCUT2D eigenvalue weighted by atomic mass is 10.3. The largest absolute Gasteiger partial charge is 0.295 e. The number of aromatic nitrogens is 3. The van der Waals surface area contributed by atoms with Crippen molar-refractivity contribution in [2.75, 3.05) is 0 Å². The van der Waals surface area contributed by atoms with Gasteiger partial charge in [0.1, 0.15) is 12.1 Å². The highest BCUT2D eigenvalue weighted by atomic mass is 35.6. The monoisotopic (exact) mass is 288 g/mol. The lowest BCUT2D eigenvalue weighted by Gasteiger charge is -2.10. The molecule has 4 nitrogen and oxygen atoms in total. The maximum atomic E-state index is 8.79. The van der Waals surface area contributed by atoms with Gasteiger partial charge < -0.3 is 0 Å². The minimum Gasteiger partial charge on any atom is -0.295 e. The van der Waals surface area contributed by atoms with Gasteiger partial charge in [-0.3, -0.25) is 4.57 Å². The average Bonchev–Trinajstić information content (AvgIpc) is 2.56. The molecule has 0 bridgehead atoms. The SMILES string of the molecule is Cc1cnc2c(c1)nc(C(Cl)(Cl)Cl)n2CC#N. The molecule has 0 amide bonds. The van der Waals surface area contributed by atoms with Gasteiger partial charge in [0.2, 0.25) is 3.79 Å². The van der Waals surface area contributed by atoms with E-state index in [4.69, 9.17) is 40.1 Å². The van der Waals surface area contributed by atoms with E-state index in [1.165, 1.54) is 4.57 Å². The van der Waals surface area contributed by atoms with Gasteiger partial charge in [-0.25, -0.2) is 9.97 Å². The second kappa shape index (κ2) is 4.34. The van der Waals surface area contributed by atoms with Crippen LogP contribution in [0.1, 0.15) is 11.4 Å². The van der Waals surface area contributed by atoms with Crippen molar-refractivity contribution < 1.29 is 0 Å². The minimum atomic E-state index is -1.68. The fraction of sp³-hybridized carbons (Fsp3) is 0.300. The second-order valence-corrected chi connectivity index (χ2v) is 5.81. The normalized spacial score (nSPS) is 11.7. The number of nitrogens with zero attached hydrogens (tertiary/aromatic N) is 4. The molecule has 2 rings (SSSR count). The molecule has 2 aromatic rings. The van der Waals surface area contributed by atoms with Crippen LogP contribution in [0.4, 0.5) is 0 Å². The highest BCUT2D eigenvalue weighted by Gasteiger charge is 2.30. The van der Waals surface area contributed by atoms with Gasteiger partial charge in [-0.15, -0.1) is 0 Å². The summed E-state index contributed by atoms with van der Waals surface area (Å²) in [7, 11) is 0. The molecule has 0 spiro atoms. The number of hydrogen-bond donors (Lipinski definition) is 0. The van der Waals surface area contributed by atoms with Crippen LogP contribution < -0.4 is 0 Å². The average molecular weight is 290 g/mol. The lowest BCUT2D eigenvalue weighted by Crippen LogP contribution is -2.11. The molecule has 0 aliphatic carbocycles. The van der Waals surface area contributed by atoms with Gasteiger partial charge >= 0.3 is 0 Å². The van der Waals surface area contributed by atoms with Crippen LogP contribution in [0.5, 0.6) is 0 Å². The number of hydrogen-bond acceptors (Lipinski definition) is 3. The Morgan fingerprint density at radius 2 is 2.18 bits per heavy atom. The van der Waals surface area contributed by atoms with Gasteiger partial charge in [0.05, 0.1) is 6.07 Å². The molecule has 88 valence electrons. The molecular formula is C10H7Cl3N4. The van der Waals surface area contributed by atoms with Crippen LogP contribution in [0.25, 0.3) is 11.2 Å². The number of aryl methyl sites for hydroxylation is 1. The number of imidazole rings is 1. The standard InChI is InChI=1S/C10H7Cl3N4/c1-6-4-7-8(15-5-6)17(3-2-14)9(16-7)10(11,12)13/h4-5H,3H2,1H3. The van der Waals surface area contributed by atoms with Crippen molar-refractivity contribution >= 4 is 46.0 Å². The van der Waals surface area contributed by atoms with E-state index in [1.807, 2.05) is 19.1 Å². The third-order valence-electron chi connectivity index (χ3n) is 2.20. The molecule has 0 N–H and O–H groups in total. The summed E-state index contributed by atoms with van der Waals surface area (Å²) in [4.78, 5) is 8.42. The van der Waals surface area contributed by atoms with Crippen LogP contribution in [0.3, 0.4) is 0 Å². The number of nitriles is 1. The van der Waals surface area contributed by atoms with E-state index >= 15 is 0 Å². The summed E-state index contributed by atoms with van der Waals surface area (Å²) in [6, 6.07) is 3.83. The zero-order valence-electron chi connectivity index (χ0n) is 8.78. The van der Waals surface area contributed by atoms with Crippen molar-refractivity contribution in [2.24, 2.45) is 0 Å². The molecule has 0 unspecified atom stereocenters. The number of fused-ring (bicyclic) bond motifs is 1. The van der Waals surface area contributed by atoms with Crippen molar-refractivity contribution in [3.05, 3.63) is 23.7 Å². The Bertz CT molecular complexity index is 606. The first-order valence-corrected chi connectivity index (χ1v) is 5.84. The summed E-state index contributed by atoms with van der Waals surface area (Å²) in [6.07, 6.45) is 1.68. The van der Waals surface area contributed by atoms with Gasteiger partial charge in [0.15, 0.2) is 11.5 Å². The van der Waals surface area contributed by atoms with E-state index in [2.05, 4.69) is 9.97 Å². The van der Waals surface area contributed by atoms with Crippen LogP contribution in [0.15, 0.2) is 12.3 Å². The summed E-state index contributed by atoms with van der Waals surface area (Å²) in [5, 5.41) is 8.79. The predicted molar refractivity (Wildman–Crippen MR) is 67.1 cm³/mol. The molecule has 0 aliphatic rings. The molecular weight excluding hydrogens is 282 g/mol. The van der Waals surface area contributed by atoms with Crippen molar-refractivity contribution in [3.63, 3.8) is 0 Å². The molecule has 17 heavy (non-hydrogen) atoms. The molecule has 7 heteroatoms. The van der Waals surface area contributed by atoms with Crippen LogP contribution in [0.2, 0.25) is 0 Å². The van der Waals surface area contributed by atoms with Gasteiger partial charge in [0.25, 0.3) is 0 Å². The number of halogens is 3. The zero-order valence-corrected chi connectivity index (χ0v) is 11.1. The Hall–Kier alpha value is -1.02. The van der Waals surface area contributed by atoms with Crippen LogP contribution in [-0.4, -0.2) is 14.5 Å². The first-order valence-electron chi connectivity index (χ1n) is 4.70. The predicted octanol–water partition coefficient (Wildman–Crippen LogP) is 3.09. The van der Waals surface area contributed by atoms with E-state index in [-0.39, 0.29) is 12.4 Å². The quantitative estimate of drug-likeness (QED) is 0.758. The molecule has 2 heterocycles. The molecule has 2 aromatic heterocycles. The van der Waals surface area contributed by atoms with Gasteiger partial charge in [-0.05, 0) is 18.6 Å². The van der Waals surface area contributed by atoms with Gasteiger partial charge in [-0.1, -0.05) is 34.8 Å². The third kappa shape index (κ3) is 2.32. The number of pyridine rings is 1. The molecule has 0 saturated carbocycles. The summed E-state index contributed by atoms with van der Waals surface area (Å²) >= 11 is 17.5. The Morgan fingerprint density at radius 1 is 1.47 bits per heavy atom. The maximum absolute atomic E-state index is 8.79. The molecule has 0 atom stereocenters. The highest BCUT2D eigenvalue weighted by molar-refractivity contribution is 6.66. The molecule has 0 aliphatic heterocycles. The Kier molecular flexibility index (Phi) is 3.17. The van der Waals surface area contributed by atoms with E-state index in [9.17, 15) is 0 Å². The maximum Gasteiger partial charge on any atom is 0.248 e. The van der Waals surface area contributed by atoms with Crippen molar-refractivity contribution in [1.29, 1.82) is 5.26 Å². The summed E-state index contributed by atoms with van der Waals surface area (Å²) in [6.45, 7) is 1.93. The summed E-state index contributed by atoms with van der Waals surface area (Å²) < 4.78 is -0.173. The topological polar surface area (TPSA) is 54.5 Å². The Morgan fingerprint density at radius 3 is 2.76 bits per heavy atom. The van der Waals surface area contributed by atoms with E-state index in [0.717, 1.165) is 5.56 Å². The first kappa shape index (κ1) is 12.4. The third-order valence-corrected chi connectivity index (χ3v) is 2.71. The van der Waals surface area contributed by atoms with Crippen molar-refractivity contribution in [3.8, 4) is 6.07 Å². The Labute approximate surface area is 113 Å².